The second-order valence-corrected chi connectivity index (χ2v) is 8.70. The molecule has 3 aliphatic rings. The molecule has 1 aromatic carbocycles. The molecule has 1 saturated heterocycles. The summed E-state index contributed by atoms with van der Waals surface area (Å²) in [7, 11) is 1.71. The van der Waals surface area contributed by atoms with Crippen LogP contribution in [0.2, 0.25) is 0 Å². The fraction of sp³-hybridized carbons (Fsp3) is 0.478. The molecule has 2 aromatic rings. The van der Waals surface area contributed by atoms with E-state index in [1.54, 1.807) is 19.2 Å². The summed E-state index contributed by atoms with van der Waals surface area (Å²) in [4.78, 5) is 16.9. The number of urea groups is 1. The predicted molar refractivity (Wildman–Crippen MR) is 124 cm³/mol. The summed E-state index contributed by atoms with van der Waals surface area (Å²) in [6.07, 6.45) is 3.06. The second-order valence-electron chi connectivity index (χ2n) is 8.70. The average molecular weight is 511 g/mol. The van der Waals surface area contributed by atoms with E-state index in [1.807, 2.05) is 6.07 Å². The maximum absolute atomic E-state index is 15.7. The number of anilines is 4. The van der Waals surface area contributed by atoms with Crippen molar-refractivity contribution in [3.63, 3.8) is 0 Å². The van der Waals surface area contributed by atoms with Gasteiger partial charge in [-0.25, -0.2) is 4.39 Å². The van der Waals surface area contributed by atoms with E-state index in [-0.39, 0.29) is 52.5 Å². The summed E-state index contributed by atoms with van der Waals surface area (Å²) in [5.74, 6) is 0.150. The van der Waals surface area contributed by atoms with Gasteiger partial charge in [-0.15, -0.1) is 0 Å². The zero-order chi connectivity index (χ0) is 22.9. The van der Waals surface area contributed by atoms with E-state index in [1.165, 1.54) is 0 Å². The van der Waals surface area contributed by atoms with Crippen molar-refractivity contribution in [1.82, 2.24) is 10.3 Å². The second kappa shape index (κ2) is 10.4. The predicted octanol–water partition coefficient (Wildman–Crippen LogP) is 4.26. The normalized spacial score (nSPS) is 22.5. The number of ether oxygens (including phenoxy) is 2. The van der Waals surface area contributed by atoms with Crippen molar-refractivity contribution in [2.24, 2.45) is 0 Å². The zero-order valence-electron chi connectivity index (χ0n) is 18.8. The number of halogens is 1. The Labute approximate surface area is 208 Å². The number of carbonyl (C=O) groups is 1. The van der Waals surface area contributed by atoms with Gasteiger partial charge < -0.3 is 41.5 Å². The molecular weight excluding hydrogens is 483 g/mol. The van der Waals surface area contributed by atoms with Crippen molar-refractivity contribution in [3.8, 4) is 0 Å². The Morgan fingerprint density at radius 1 is 1.21 bits per heavy atom. The van der Waals surface area contributed by atoms with Crippen LogP contribution in [-0.4, -0.2) is 43.4 Å². The molecule has 0 spiro atoms. The number of nitrogens with two attached hydrogens (primary N) is 1. The minimum absolute atomic E-state index is 0. The van der Waals surface area contributed by atoms with Crippen molar-refractivity contribution in [1.29, 1.82) is 0 Å². The number of aromatic nitrogens is 1. The van der Waals surface area contributed by atoms with Gasteiger partial charge >= 0.3 is 0 Å². The number of carbonyl (C=O) groups excluding carboxylic acids is 1. The molecule has 2 atom stereocenters. The third-order valence-corrected chi connectivity index (χ3v) is 6.58. The molecule has 5 N–H and O–H groups in total. The van der Waals surface area contributed by atoms with Crippen molar-refractivity contribution in [3.05, 3.63) is 40.5 Å². The molecule has 0 unspecified atom stereocenters. The number of rotatable bonds is 2. The number of hydrogen-bond donors (Lipinski definition) is 4. The van der Waals surface area contributed by atoms with Gasteiger partial charge in [0.15, 0.2) is 0 Å². The minimum Gasteiger partial charge on any atom is -0.403 e. The molecule has 0 radical (unpaired) electrons. The maximum atomic E-state index is 15.7. The van der Waals surface area contributed by atoms with Gasteiger partial charge in [-0.05, 0) is 54.9 Å². The SMILES string of the molecule is CNc1cc2nc(c1N)[N-]C(=O)N[C@@H]1CC[C@H]1OCc1cc(c(F)c(C3CCOCC3)c1)N2.[Fe]. The van der Waals surface area contributed by atoms with Crippen LogP contribution in [0.1, 0.15) is 42.7 Å². The van der Waals surface area contributed by atoms with Gasteiger partial charge in [0.1, 0.15) is 5.82 Å². The first-order valence-corrected chi connectivity index (χ1v) is 11.3. The fourth-order valence-corrected chi connectivity index (χ4v) is 4.55. The molecular formula is C23H28FFeN6O3-. The number of nitrogens with zero attached hydrogens (tertiary/aromatic N) is 2. The van der Waals surface area contributed by atoms with Gasteiger partial charge in [0, 0.05) is 49.2 Å². The Bertz CT molecular complexity index is 1070. The summed E-state index contributed by atoms with van der Waals surface area (Å²) in [5, 5.41) is 13.0. The molecule has 184 valence electrons. The van der Waals surface area contributed by atoms with Crippen LogP contribution < -0.4 is 21.7 Å². The Morgan fingerprint density at radius 2 is 2.00 bits per heavy atom. The van der Waals surface area contributed by atoms with Crippen LogP contribution in [0.5, 0.6) is 0 Å². The Balaban J connectivity index is 0.00000274. The number of nitrogen functional groups attached to an aromatic ring is 1. The zero-order valence-corrected chi connectivity index (χ0v) is 19.9. The smallest absolute Gasteiger partial charge is 0.216 e. The van der Waals surface area contributed by atoms with Gasteiger partial charge in [-0.2, -0.15) is 0 Å². The van der Waals surface area contributed by atoms with Crippen molar-refractivity contribution in [2.75, 3.05) is 36.6 Å². The molecule has 11 heteroatoms. The summed E-state index contributed by atoms with van der Waals surface area (Å²) < 4.78 is 27.2. The van der Waals surface area contributed by atoms with E-state index >= 15 is 4.39 Å². The quantitative estimate of drug-likeness (QED) is 0.445. The molecule has 5 rings (SSSR count). The topological polar surface area (TPSA) is 125 Å². The number of hydrogen-bond acceptors (Lipinski definition) is 7. The van der Waals surface area contributed by atoms with Gasteiger partial charge in [0.25, 0.3) is 0 Å². The van der Waals surface area contributed by atoms with Crippen LogP contribution in [0.4, 0.5) is 37.9 Å². The van der Waals surface area contributed by atoms with Crippen molar-refractivity contribution < 1.29 is 35.7 Å². The van der Waals surface area contributed by atoms with Crippen LogP contribution in [0.25, 0.3) is 5.32 Å². The number of fused-ring (bicyclic) bond motifs is 5. The van der Waals surface area contributed by atoms with E-state index < -0.39 is 6.03 Å². The Kier molecular flexibility index (Phi) is 7.47. The Hall–Kier alpha value is -2.59. The average Bonchev–Trinajstić information content (AvgIpc) is 2.80. The van der Waals surface area contributed by atoms with Crippen LogP contribution >= 0.6 is 0 Å². The first kappa shape index (κ1) is 24.5. The monoisotopic (exact) mass is 511 g/mol. The van der Waals surface area contributed by atoms with Gasteiger partial charge in [-0.1, -0.05) is 6.07 Å². The molecule has 9 nitrogen and oxygen atoms in total. The standard InChI is InChI=1S/C23H29FN6O3.Fe/c1-26-17-10-19-27-16-9-12(8-14(20(16)24)13-4-6-32-7-5-13)11-33-18-3-2-15(18)28-23(31)30-22(29-19)21(17)25;/h8-10,13,15,18H,2-7,11,25H2,1H3,(H4,26,27,28,29,30,31);/p-1/t15-,18-;/m1./s1. The number of pyridine rings is 1. The Morgan fingerprint density at radius 3 is 2.71 bits per heavy atom. The molecule has 1 aromatic heterocycles. The van der Waals surface area contributed by atoms with E-state index in [2.05, 4.69) is 26.3 Å². The first-order valence-electron chi connectivity index (χ1n) is 11.3. The van der Waals surface area contributed by atoms with Crippen molar-refractivity contribution in [2.45, 2.75) is 50.4 Å². The minimum atomic E-state index is -0.532. The van der Waals surface area contributed by atoms with E-state index in [4.69, 9.17) is 15.2 Å². The maximum Gasteiger partial charge on any atom is 0.216 e. The molecule has 2 amide bonds. The summed E-state index contributed by atoms with van der Waals surface area (Å²) in [5.41, 5.74) is 8.76. The van der Waals surface area contributed by atoms with E-state index in [0.29, 0.717) is 42.6 Å². The molecule has 1 aliphatic carbocycles. The van der Waals surface area contributed by atoms with Crippen LogP contribution in [0.3, 0.4) is 0 Å². The largest absolute Gasteiger partial charge is 0.403 e. The van der Waals surface area contributed by atoms with Crippen molar-refractivity contribution >= 4 is 34.7 Å². The third kappa shape index (κ3) is 4.93. The molecule has 34 heavy (non-hydrogen) atoms. The summed E-state index contributed by atoms with van der Waals surface area (Å²) in [6, 6.07) is 4.65. The molecule has 2 fully saturated rings. The van der Waals surface area contributed by atoms with Gasteiger partial charge in [0.2, 0.25) is 6.03 Å². The molecule has 4 bridgehead atoms. The molecule has 1 saturated carbocycles. The van der Waals surface area contributed by atoms with Crippen LogP contribution in [0.15, 0.2) is 18.2 Å². The fourth-order valence-electron chi connectivity index (χ4n) is 4.55. The van der Waals surface area contributed by atoms with E-state index in [0.717, 1.165) is 31.2 Å². The van der Waals surface area contributed by atoms with Crippen LogP contribution in [-0.2, 0) is 33.1 Å². The third-order valence-electron chi connectivity index (χ3n) is 6.58. The van der Waals surface area contributed by atoms with Gasteiger partial charge in [-0.3, -0.25) is 4.79 Å². The van der Waals surface area contributed by atoms with Crippen LogP contribution in [0, 0.1) is 5.82 Å². The van der Waals surface area contributed by atoms with Gasteiger partial charge in [0.05, 0.1) is 35.6 Å². The number of amides is 2. The summed E-state index contributed by atoms with van der Waals surface area (Å²) >= 11 is 0. The van der Waals surface area contributed by atoms with E-state index in [9.17, 15) is 4.79 Å². The number of benzene rings is 1. The molecule has 2 aliphatic heterocycles. The number of nitrogens with one attached hydrogen (secondary N) is 3. The molecule has 3 heterocycles. The summed E-state index contributed by atoms with van der Waals surface area (Å²) in [6.45, 7) is 1.56. The first-order chi connectivity index (χ1) is 16.0.